The molecule has 0 aliphatic rings. The fourth-order valence-electron chi connectivity index (χ4n) is 0.0168. The summed E-state index contributed by atoms with van der Waals surface area (Å²) in [5, 5.41) is 0. The molecule has 0 radical (unpaired) electrons. The minimum atomic E-state index is -3.25. The first kappa shape index (κ1) is 8.12. The minimum Gasteiger partial charge on any atom is -0.198 e. The Morgan fingerprint density at radius 2 is 2.14 bits per heavy atom. The molecule has 3 nitrogen and oxygen atoms in total. The molecule has 44 valence electrons. The molecule has 0 aromatic rings. The van der Waals surface area contributed by atoms with E-state index in [4.69, 9.17) is 0 Å². The minimum absolute atomic E-state index is 0.0317. The Morgan fingerprint density at radius 3 is 2.14 bits per heavy atom. The Kier molecular flexibility index (Phi) is 3.72. The van der Waals surface area contributed by atoms with E-state index < -0.39 is 10.1 Å². The van der Waals surface area contributed by atoms with Crippen LogP contribution in [0.25, 0.3) is 0 Å². The van der Waals surface area contributed by atoms with Crippen LogP contribution < -0.4 is 0 Å². The average Bonchev–Trinajstić information content (AvgIpc) is 1.68. The Hall–Kier alpha value is 1.12. The van der Waals surface area contributed by atoms with Crippen molar-refractivity contribution in [2.24, 2.45) is 0 Å². The van der Waals surface area contributed by atoms with Crippen LogP contribution in [0.5, 0.6) is 0 Å². The van der Waals surface area contributed by atoms with Gasteiger partial charge in [-0.2, -0.15) is 11.7 Å². The Balaban J connectivity index is 3.89. The first-order valence-electron chi connectivity index (χ1n) is 1.21. The highest BCUT2D eigenvalue weighted by atomic mass is 127. The summed E-state index contributed by atoms with van der Waals surface area (Å²) in [6, 6.07) is 0. The van der Waals surface area contributed by atoms with Gasteiger partial charge in [0, 0.05) is 0 Å². The normalized spacial score (nSPS) is 11.7. The van der Waals surface area contributed by atoms with Crippen molar-refractivity contribution < 1.29 is 11.7 Å². The van der Waals surface area contributed by atoms with Crippen LogP contribution in [-0.4, -0.2) is 12.2 Å². The van der Waals surface area contributed by atoms with Gasteiger partial charge in [0.2, 0.25) is 0 Å². The zero-order chi connectivity index (χ0) is 5.91. The van der Waals surface area contributed by atoms with E-state index in [9.17, 15) is 8.42 Å². The molecule has 0 heterocycles. The molecule has 0 rings (SSSR count). The summed E-state index contributed by atoms with van der Waals surface area (Å²) in [5.41, 5.74) is 0. The van der Waals surface area contributed by atoms with Crippen molar-refractivity contribution in [1.82, 2.24) is 0 Å². The molecule has 0 amide bonds. The molecule has 0 aliphatic heterocycles. The van der Waals surface area contributed by atoms with E-state index in [1.807, 2.05) is 0 Å². The van der Waals surface area contributed by atoms with E-state index in [0.717, 1.165) is 0 Å². The summed E-state index contributed by atoms with van der Waals surface area (Å²) in [6.45, 7) is 0. The van der Waals surface area contributed by atoms with Gasteiger partial charge in [-0.3, -0.25) is 0 Å². The van der Waals surface area contributed by atoms with Crippen molar-refractivity contribution in [3.05, 3.63) is 0 Å². The van der Waals surface area contributed by atoms with Crippen molar-refractivity contribution >= 4 is 49.0 Å². The van der Waals surface area contributed by atoms with Gasteiger partial charge >= 0.3 is 0 Å². The molecule has 0 saturated carbocycles. The summed E-state index contributed by atoms with van der Waals surface area (Å²) in [7, 11) is -3.25. The molecular weight excluding hydrogens is 299 g/mol. The first-order chi connectivity index (χ1) is 3.12. The molecule has 6 heteroatoms. The van der Waals surface area contributed by atoms with Crippen molar-refractivity contribution in [3.63, 3.8) is 0 Å². The predicted molar refractivity (Wildman–Crippen MR) is 37.8 cm³/mol. The molecule has 0 aromatic carbocycles. The average molecular weight is 301 g/mol. The van der Waals surface area contributed by atoms with Gasteiger partial charge in [0.1, 0.15) is 20.0 Å². The van der Waals surface area contributed by atoms with Gasteiger partial charge < -0.3 is 0 Å². The number of alkyl halides is 1. The smallest absolute Gasteiger partial charge is 0.198 e. The van der Waals surface area contributed by atoms with E-state index >= 15 is 0 Å². The van der Waals surface area contributed by atoms with Gasteiger partial charge in [-0.1, -0.05) is 22.6 Å². The molecule has 0 N–H and O–H groups in total. The predicted octanol–water partition coefficient (Wildman–Crippen LogP) is 1.04. The number of halogens is 2. The lowest BCUT2D eigenvalue weighted by atomic mass is 12.0. The standard InChI is InChI=1S/CH2BrIO3S/c2-6-7(4,5)1-3/h1H2. The van der Waals surface area contributed by atoms with Crippen molar-refractivity contribution in [2.45, 2.75) is 0 Å². The number of hydrogen-bond acceptors (Lipinski definition) is 3. The number of hydrogen-bond donors (Lipinski definition) is 0. The highest BCUT2D eigenvalue weighted by Gasteiger charge is 2.03. The van der Waals surface area contributed by atoms with Crippen LogP contribution in [0.15, 0.2) is 0 Å². The Bertz CT molecular complexity index is 118. The number of rotatable bonds is 2. The zero-order valence-electron chi connectivity index (χ0n) is 3.10. The highest BCUT2D eigenvalue weighted by molar-refractivity contribution is 14.1. The SMILES string of the molecule is O=S(=O)(CI)OBr. The topological polar surface area (TPSA) is 43.4 Å². The molecule has 0 fully saturated rings. The summed E-state index contributed by atoms with van der Waals surface area (Å²) < 4.78 is 24.0. The second kappa shape index (κ2) is 3.21. The fourth-order valence-corrected chi connectivity index (χ4v) is 1.76. The third kappa shape index (κ3) is 3.68. The van der Waals surface area contributed by atoms with Crippen LogP contribution in [0, 0.1) is 0 Å². The highest BCUT2D eigenvalue weighted by Crippen LogP contribution is 2.01. The molecule has 7 heavy (non-hydrogen) atoms. The summed E-state index contributed by atoms with van der Waals surface area (Å²) >= 11 is 4.03. The van der Waals surface area contributed by atoms with Crippen molar-refractivity contribution in [2.75, 3.05) is 3.76 Å². The van der Waals surface area contributed by atoms with Crippen molar-refractivity contribution in [1.29, 1.82) is 0 Å². The Labute approximate surface area is 64.1 Å². The maximum atomic E-state index is 10.1. The van der Waals surface area contributed by atoms with E-state index in [-0.39, 0.29) is 3.76 Å². The van der Waals surface area contributed by atoms with Crippen LogP contribution in [0.4, 0.5) is 0 Å². The fraction of sp³-hybridized carbons (Fsp3) is 1.00. The summed E-state index contributed by atoms with van der Waals surface area (Å²) in [4.78, 5) is 0. The molecule has 0 atom stereocenters. The van der Waals surface area contributed by atoms with Gasteiger partial charge in [-0.05, 0) is 0 Å². The van der Waals surface area contributed by atoms with E-state index in [1.54, 1.807) is 22.6 Å². The molecule has 0 bridgehead atoms. The lowest BCUT2D eigenvalue weighted by Crippen LogP contribution is -1.97. The maximum Gasteiger partial charge on any atom is 0.287 e. The maximum absolute atomic E-state index is 10.1. The molecule has 0 spiro atoms. The van der Waals surface area contributed by atoms with Crippen LogP contribution >= 0.6 is 38.8 Å². The lowest BCUT2D eigenvalue weighted by molar-refractivity contribution is 0.533. The second-order valence-corrected chi connectivity index (χ2v) is 4.85. The molecule has 0 aliphatic carbocycles. The van der Waals surface area contributed by atoms with Crippen molar-refractivity contribution in [3.8, 4) is 0 Å². The lowest BCUT2D eigenvalue weighted by Gasteiger charge is -1.86. The summed E-state index contributed by atoms with van der Waals surface area (Å²) in [5.74, 6) is 0. The van der Waals surface area contributed by atoms with Crippen LogP contribution in [-0.2, 0) is 13.4 Å². The van der Waals surface area contributed by atoms with Gasteiger partial charge in [0.15, 0.2) is 0 Å². The van der Waals surface area contributed by atoms with E-state index in [0.29, 0.717) is 0 Å². The third-order valence-corrected chi connectivity index (χ3v) is 4.19. The van der Waals surface area contributed by atoms with Gasteiger partial charge in [-0.25, -0.2) is 0 Å². The molecule has 0 saturated heterocycles. The van der Waals surface area contributed by atoms with Gasteiger partial charge in [-0.15, -0.1) is 0 Å². The molecule has 0 unspecified atom stereocenters. The zero-order valence-corrected chi connectivity index (χ0v) is 7.66. The summed E-state index contributed by atoms with van der Waals surface area (Å²) in [6.07, 6.45) is 0. The van der Waals surface area contributed by atoms with Crippen LogP contribution in [0.1, 0.15) is 0 Å². The molecular formula is CH2BrIO3S. The monoisotopic (exact) mass is 300 g/mol. The molecule has 0 aromatic heterocycles. The van der Waals surface area contributed by atoms with Gasteiger partial charge in [0.25, 0.3) is 10.1 Å². The third-order valence-electron chi connectivity index (χ3n) is 0.230. The Morgan fingerprint density at radius 1 is 1.71 bits per heavy atom. The first-order valence-corrected chi connectivity index (χ1v) is 4.96. The largest absolute Gasteiger partial charge is 0.287 e. The quantitative estimate of drug-likeness (QED) is 0.565. The van der Waals surface area contributed by atoms with Crippen LogP contribution in [0.3, 0.4) is 0 Å². The van der Waals surface area contributed by atoms with E-state index in [2.05, 4.69) is 19.5 Å². The van der Waals surface area contributed by atoms with Crippen LogP contribution in [0.2, 0.25) is 0 Å². The van der Waals surface area contributed by atoms with E-state index in [1.165, 1.54) is 0 Å². The second-order valence-electron chi connectivity index (χ2n) is 0.730. The van der Waals surface area contributed by atoms with Gasteiger partial charge in [0.05, 0.1) is 0 Å².